The molecule has 0 fully saturated rings. The third-order valence-corrected chi connectivity index (χ3v) is 14.8. The van der Waals surface area contributed by atoms with Gasteiger partial charge in [0.05, 0.1) is 16.9 Å². The van der Waals surface area contributed by atoms with E-state index in [0.29, 0.717) is 18.1 Å². The summed E-state index contributed by atoms with van der Waals surface area (Å²) in [5, 5.41) is 17.4. The predicted molar refractivity (Wildman–Crippen MR) is 189 cm³/mol. The van der Waals surface area contributed by atoms with Crippen LogP contribution in [0.5, 0.6) is 0 Å². The second-order valence-electron chi connectivity index (χ2n) is 15.0. The van der Waals surface area contributed by atoms with Crippen molar-refractivity contribution in [1.29, 1.82) is 5.26 Å². The quantitative estimate of drug-likeness (QED) is 0.174. The minimum absolute atomic E-state index is 0.131. The Balaban J connectivity index is 1.46. The van der Waals surface area contributed by atoms with E-state index < -0.39 is 8.32 Å². The predicted octanol–water partition coefficient (Wildman–Crippen LogP) is 8.23. The normalized spacial score (nSPS) is 18.5. The fraction of sp³-hybridized carbons (Fsp3) is 0.541. The van der Waals surface area contributed by atoms with Crippen LogP contribution in [-0.2, 0) is 29.1 Å². The van der Waals surface area contributed by atoms with Crippen LogP contribution in [0.2, 0.25) is 18.1 Å². The number of aryl methyl sites for hydroxylation is 1. The van der Waals surface area contributed by atoms with Gasteiger partial charge in [-0.3, -0.25) is 0 Å². The second-order valence-corrected chi connectivity index (χ2v) is 19.8. The maximum absolute atomic E-state index is 10.1. The fourth-order valence-electron chi connectivity index (χ4n) is 6.14. The van der Waals surface area contributed by atoms with Crippen molar-refractivity contribution < 1.29 is 4.43 Å². The molecule has 0 aliphatic carbocycles. The van der Waals surface area contributed by atoms with Gasteiger partial charge in [-0.2, -0.15) is 5.26 Å². The molecule has 2 N–H and O–H groups in total. The molecule has 3 aromatic rings. The van der Waals surface area contributed by atoms with Crippen LogP contribution in [0, 0.1) is 11.3 Å². The summed E-state index contributed by atoms with van der Waals surface area (Å²) in [7, 11) is 0.271. The lowest BCUT2D eigenvalue weighted by atomic mass is 9.83. The van der Waals surface area contributed by atoms with Crippen molar-refractivity contribution in [3.05, 3.63) is 64.3 Å². The van der Waals surface area contributed by atoms with Crippen LogP contribution >= 0.6 is 0 Å². The summed E-state index contributed by atoms with van der Waals surface area (Å²) in [5.41, 5.74) is 9.50. The third-order valence-electron chi connectivity index (χ3n) is 10.3. The molecule has 0 bridgehead atoms. The lowest BCUT2D eigenvalue weighted by Gasteiger charge is -2.39. The minimum Gasteiger partial charge on any atom is -0.416 e. The van der Waals surface area contributed by atoms with Gasteiger partial charge in [-0.05, 0) is 97.4 Å². The molecule has 240 valence electrons. The van der Waals surface area contributed by atoms with E-state index in [4.69, 9.17) is 9.41 Å². The van der Waals surface area contributed by atoms with Gasteiger partial charge in [0.25, 0.3) is 0 Å². The Labute approximate surface area is 272 Å². The number of anilines is 3. The number of hydrogen-bond acceptors (Lipinski definition) is 7. The van der Waals surface area contributed by atoms with E-state index in [-0.39, 0.29) is 10.5 Å². The van der Waals surface area contributed by atoms with Gasteiger partial charge in [-0.25, -0.2) is 9.97 Å². The second kappa shape index (κ2) is 13.2. The SMILES string of the molecule is CCCCCc1cc2c(cc1Nc1nccc(-c3cc(C#N)c4c(c3)[C@@](C)(CO[Si](C)(C)C(C)(C)C)CN4)n1)CCN(C)CC2. The van der Waals surface area contributed by atoms with Crippen LogP contribution < -0.4 is 10.6 Å². The average molecular weight is 625 g/mol. The topological polar surface area (TPSA) is 86.1 Å². The van der Waals surface area contributed by atoms with E-state index in [1.165, 1.54) is 36.0 Å². The zero-order valence-electron chi connectivity index (χ0n) is 28.7. The third kappa shape index (κ3) is 7.27. The summed E-state index contributed by atoms with van der Waals surface area (Å²) in [6.07, 6.45) is 8.59. The molecular formula is C37H52N6OSi. The monoisotopic (exact) mass is 624 g/mol. The van der Waals surface area contributed by atoms with Gasteiger partial charge in [-0.1, -0.05) is 53.5 Å². The molecular weight excluding hydrogens is 573 g/mol. The van der Waals surface area contributed by atoms with E-state index in [1.807, 2.05) is 18.3 Å². The van der Waals surface area contributed by atoms with Crippen molar-refractivity contribution in [1.82, 2.24) is 14.9 Å². The van der Waals surface area contributed by atoms with Gasteiger partial charge in [0.2, 0.25) is 5.95 Å². The van der Waals surface area contributed by atoms with Gasteiger partial charge in [0, 0.05) is 49.1 Å². The number of fused-ring (bicyclic) bond motifs is 2. The number of nitrogens with one attached hydrogen (secondary N) is 2. The molecule has 2 aliphatic rings. The first-order valence-corrected chi connectivity index (χ1v) is 19.6. The van der Waals surface area contributed by atoms with E-state index in [9.17, 15) is 5.26 Å². The Bertz CT molecular complexity index is 1570. The fourth-order valence-corrected chi connectivity index (χ4v) is 7.25. The standard InChI is InChI=1S/C37H52N6OSi/c1-9-10-11-12-28-19-26-14-17-43(6)18-15-27(26)22-33(28)42-35-39-16-13-32(41-35)29-20-30(23-38)34-31(21-29)37(5,24-40-34)25-44-45(7,8)36(2,3)4/h13,16,19-22,40H,9-12,14-15,17-18,24-25H2,1-8H3,(H,39,41,42)/t37-/m1/s1. The van der Waals surface area contributed by atoms with Gasteiger partial charge in [-0.15, -0.1) is 0 Å². The number of unbranched alkanes of at least 4 members (excludes halogenated alkanes) is 2. The number of nitrogens with zero attached hydrogens (tertiary/aromatic N) is 4. The smallest absolute Gasteiger partial charge is 0.227 e. The van der Waals surface area contributed by atoms with Gasteiger partial charge >= 0.3 is 0 Å². The number of likely N-dealkylation sites (N-methyl/N-ethyl adjacent to an activating group) is 1. The molecule has 1 atom stereocenters. The van der Waals surface area contributed by atoms with Crippen molar-refractivity contribution in [3.8, 4) is 17.3 Å². The van der Waals surface area contributed by atoms with E-state index in [2.05, 4.69) is 99.5 Å². The Kier molecular flexibility index (Phi) is 9.74. The van der Waals surface area contributed by atoms with E-state index in [1.54, 1.807) is 0 Å². The molecule has 0 saturated carbocycles. The van der Waals surface area contributed by atoms with E-state index in [0.717, 1.165) is 67.1 Å². The van der Waals surface area contributed by atoms with Crippen LogP contribution in [0.4, 0.5) is 17.3 Å². The first-order valence-electron chi connectivity index (χ1n) is 16.7. The van der Waals surface area contributed by atoms with Crippen LogP contribution in [0.25, 0.3) is 11.3 Å². The zero-order chi connectivity index (χ0) is 32.4. The summed E-state index contributed by atoms with van der Waals surface area (Å²) >= 11 is 0. The van der Waals surface area contributed by atoms with Crippen LogP contribution in [0.3, 0.4) is 0 Å². The molecule has 45 heavy (non-hydrogen) atoms. The average Bonchev–Trinajstić information content (AvgIpc) is 3.23. The maximum Gasteiger partial charge on any atom is 0.227 e. The van der Waals surface area contributed by atoms with Crippen LogP contribution in [0.1, 0.15) is 81.7 Å². The molecule has 0 unspecified atom stereocenters. The number of aromatic nitrogens is 2. The number of hydrogen-bond donors (Lipinski definition) is 2. The maximum atomic E-state index is 10.1. The summed E-state index contributed by atoms with van der Waals surface area (Å²) in [6, 6.07) is 13.3. The number of nitriles is 1. The lowest BCUT2D eigenvalue weighted by Crippen LogP contribution is -2.45. The summed E-state index contributed by atoms with van der Waals surface area (Å²) in [5.74, 6) is 0.580. The number of rotatable bonds is 10. The van der Waals surface area contributed by atoms with E-state index >= 15 is 0 Å². The Morgan fingerprint density at radius 2 is 1.84 bits per heavy atom. The molecule has 0 radical (unpaired) electrons. The zero-order valence-corrected chi connectivity index (χ0v) is 29.7. The largest absolute Gasteiger partial charge is 0.416 e. The first kappa shape index (κ1) is 33.1. The Morgan fingerprint density at radius 1 is 1.11 bits per heavy atom. The van der Waals surface area contributed by atoms with Crippen LogP contribution in [0.15, 0.2) is 36.5 Å². The highest BCUT2D eigenvalue weighted by atomic mass is 28.4. The van der Waals surface area contributed by atoms with Crippen molar-refractivity contribution in [3.63, 3.8) is 0 Å². The molecule has 5 rings (SSSR count). The van der Waals surface area contributed by atoms with Gasteiger partial charge in [0.15, 0.2) is 8.32 Å². The highest BCUT2D eigenvalue weighted by molar-refractivity contribution is 6.74. The summed E-state index contributed by atoms with van der Waals surface area (Å²) < 4.78 is 6.72. The molecule has 2 aliphatic heterocycles. The highest BCUT2D eigenvalue weighted by Gasteiger charge is 2.42. The Hall–Kier alpha value is -3.25. The van der Waals surface area contributed by atoms with Crippen molar-refractivity contribution in [2.75, 3.05) is 43.9 Å². The molecule has 0 spiro atoms. The molecule has 7 nitrogen and oxygen atoms in total. The minimum atomic E-state index is -1.94. The molecule has 2 aromatic carbocycles. The molecule has 3 heterocycles. The van der Waals surface area contributed by atoms with Crippen molar-refractivity contribution >= 4 is 25.6 Å². The number of benzene rings is 2. The van der Waals surface area contributed by atoms with Crippen molar-refractivity contribution in [2.45, 2.75) is 96.7 Å². The summed E-state index contributed by atoms with van der Waals surface area (Å²) in [4.78, 5) is 12.1. The Morgan fingerprint density at radius 3 is 2.53 bits per heavy atom. The molecule has 1 aromatic heterocycles. The van der Waals surface area contributed by atoms with Gasteiger partial charge in [0.1, 0.15) is 6.07 Å². The van der Waals surface area contributed by atoms with Crippen LogP contribution in [-0.4, -0.2) is 56.5 Å². The highest BCUT2D eigenvalue weighted by Crippen LogP contribution is 2.44. The first-order chi connectivity index (χ1) is 21.3. The van der Waals surface area contributed by atoms with Crippen molar-refractivity contribution in [2.24, 2.45) is 0 Å². The molecule has 8 heteroatoms. The molecule has 0 amide bonds. The summed E-state index contributed by atoms with van der Waals surface area (Å²) in [6.45, 7) is 19.4. The van der Waals surface area contributed by atoms with Gasteiger partial charge < -0.3 is 20.0 Å². The lowest BCUT2D eigenvalue weighted by molar-refractivity contribution is 0.220. The molecule has 0 saturated heterocycles.